The van der Waals surface area contributed by atoms with Crippen LogP contribution in [0.4, 0.5) is 26.1 Å². The highest BCUT2D eigenvalue weighted by molar-refractivity contribution is 5.92. The van der Waals surface area contributed by atoms with Gasteiger partial charge in [-0.3, -0.25) is 9.59 Å². The molecule has 210 valence electrons. The van der Waals surface area contributed by atoms with E-state index in [2.05, 4.69) is 20.4 Å². The molecule has 10 nitrogen and oxygen atoms in total. The third-order valence-corrected chi connectivity index (χ3v) is 6.52. The summed E-state index contributed by atoms with van der Waals surface area (Å²) in [6.45, 7) is 2.13. The SMILES string of the molecule is Cc1nc(N[C@H](C)c2cccc(C(F)(F)CO)c2)c2cc(N(C)c3ccc(=O)n(CC(=O)N(C)C)n3)ccc2n1. The van der Waals surface area contributed by atoms with Crippen LogP contribution in [0.2, 0.25) is 0 Å². The molecule has 0 fully saturated rings. The van der Waals surface area contributed by atoms with Gasteiger partial charge in [0.05, 0.1) is 5.52 Å². The van der Waals surface area contributed by atoms with Gasteiger partial charge in [0.2, 0.25) is 5.91 Å². The molecule has 0 spiro atoms. The average molecular weight is 552 g/mol. The zero-order chi connectivity index (χ0) is 29.2. The van der Waals surface area contributed by atoms with Crippen LogP contribution >= 0.6 is 0 Å². The number of amides is 1. The highest BCUT2D eigenvalue weighted by Gasteiger charge is 2.30. The fourth-order valence-corrected chi connectivity index (χ4v) is 4.10. The lowest BCUT2D eigenvalue weighted by atomic mass is 10.0. The Labute approximate surface area is 229 Å². The average Bonchev–Trinajstić information content (AvgIpc) is 2.93. The number of aliphatic hydroxyl groups is 1. The Kier molecular flexibility index (Phi) is 8.10. The van der Waals surface area contributed by atoms with Gasteiger partial charge < -0.3 is 20.2 Å². The predicted molar refractivity (Wildman–Crippen MR) is 149 cm³/mol. The number of likely N-dealkylation sites (N-methyl/N-ethyl adjacent to an activating group) is 1. The summed E-state index contributed by atoms with van der Waals surface area (Å²) >= 11 is 0. The number of benzene rings is 2. The molecule has 0 aliphatic heterocycles. The second-order valence-corrected chi connectivity index (χ2v) is 9.71. The number of nitrogens with one attached hydrogen (secondary N) is 1. The Balaban J connectivity index is 1.67. The number of aromatic nitrogens is 4. The highest BCUT2D eigenvalue weighted by Crippen LogP contribution is 2.32. The van der Waals surface area contributed by atoms with Crippen molar-refractivity contribution in [3.05, 3.63) is 81.9 Å². The first-order valence-electron chi connectivity index (χ1n) is 12.6. The van der Waals surface area contributed by atoms with Crippen molar-refractivity contribution in [1.82, 2.24) is 24.6 Å². The number of aliphatic hydroxyl groups excluding tert-OH is 1. The molecule has 0 bridgehead atoms. The molecule has 2 N–H and O–H groups in total. The fourth-order valence-electron chi connectivity index (χ4n) is 4.10. The van der Waals surface area contributed by atoms with Gasteiger partial charge in [-0.15, -0.1) is 0 Å². The molecule has 1 amide bonds. The summed E-state index contributed by atoms with van der Waals surface area (Å²) in [7, 11) is 5.00. The predicted octanol–water partition coefficient (Wildman–Crippen LogP) is 3.61. The van der Waals surface area contributed by atoms with Crippen LogP contribution in [0.5, 0.6) is 0 Å². The minimum atomic E-state index is -3.34. The van der Waals surface area contributed by atoms with E-state index in [-0.39, 0.29) is 18.0 Å². The van der Waals surface area contributed by atoms with Crippen molar-refractivity contribution in [2.75, 3.05) is 38.0 Å². The van der Waals surface area contributed by atoms with Gasteiger partial charge in [-0.2, -0.15) is 13.9 Å². The van der Waals surface area contributed by atoms with E-state index in [0.29, 0.717) is 33.9 Å². The number of halogens is 2. The van der Waals surface area contributed by atoms with Gasteiger partial charge in [-0.25, -0.2) is 14.6 Å². The zero-order valence-electron chi connectivity index (χ0n) is 22.9. The number of rotatable bonds is 9. The number of aryl methyl sites for hydroxylation is 1. The summed E-state index contributed by atoms with van der Waals surface area (Å²) < 4.78 is 29.3. The largest absolute Gasteiger partial charge is 0.390 e. The molecule has 12 heteroatoms. The first-order chi connectivity index (χ1) is 18.9. The lowest BCUT2D eigenvalue weighted by molar-refractivity contribution is -0.129. The summed E-state index contributed by atoms with van der Waals surface area (Å²) in [5.74, 6) is -2.11. The minimum Gasteiger partial charge on any atom is -0.390 e. The number of fused-ring (bicyclic) bond motifs is 1. The van der Waals surface area contributed by atoms with E-state index in [0.717, 1.165) is 10.4 Å². The third-order valence-electron chi connectivity index (χ3n) is 6.52. The van der Waals surface area contributed by atoms with Crippen LogP contribution in [0.15, 0.2) is 59.4 Å². The smallest absolute Gasteiger partial charge is 0.295 e. The molecule has 0 aliphatic rings. The van der Waals surface area contributed by atoms with Crippen LogP contribution in [-0.4, -0.2) is 63.4 Å². The van der Waals surface area contributed by atoms with Crippen molar-refractivity contribution in [2.45, 2.75) is 32.4 Å². The van der Waals surface area contributed by atoms with Crippen molar-refractivity contribution in [3.63, 3.8) is 0 Å². The van der Waals surface area contributed by atoms with E-state index < -0.39 is 24.1 Å². The van der Waals surface area contributed by atoms with Crippen LogP contribution in [0.3, 0.4) is 0 Å². The van der Waals surface area contributed by atoms with E-state index in [1.165, 1.54) is 29.2 Å². The number of hydrogen-bond donors (Lipinski definition) is 2. The number of carbonyl (C=O) groups is 1. The highest BCUT2D eigenvalue weighted by atomic mass is 19.3. The van der Waals surface area contributed by atoms with Crippen LogP contribution in [0.25, 0.3) is 10.9 Å². The molecule has 2 aromatic heterocycles. The summed E-state index contributed by atoms with van der Waals surface area (Å²) in [6.07, 6.45) is 0. The van der Waals surface area contributed by atoms with Crippen molar-refractivity contribution < 1.29 is 18.7 Å². The third kappa shape index (κ3) is 6.07. The van der Waals surface area contributed by atoms with Gasteiger partial charge >= 0.3 is 0 Å². The van der Waals surface area contributed by atoms with Crippen molar-refractivity contribution in [2.24, 2.45) is 0 Å². The van der Waals surface area contributed by atoms with Crippen LogP contribution in [0, 0.1) is 6.92 Å². The Morgan fingerprint density at radius 2 is 1.85 bits per heavy atom. The fraction of sp³-hybridized carbons (Fsp3) is 0.321. The topological polar surface area (TPSA) is 116 Å². The monoisotopic (exact) mass is 551 g/mol. The number of anilines is 3. The molecule has 0 aliphatic carbocycles. The molecule has 1 atom stereocenters. The van der Waals surface area contributed by atoms with Gasteiger partial charge in [0.25, 0.3) is 11.5 Å². The standard InChI is InChI=1S/C28H31F2N7O3/c1-17(19-7-6-8-20(13-19)28(29,30)16-38)31-27-22-14-21(9-10-23(22)32-18(2)33-27)36(5)24-11-12-25(39)37(34-24)15-26(40)35(3)4/h6-14,17,38H,15-16H2,1-5H3,(H,31,32,33)/t17-/m1/s1. The van der Waals surface area contributed by atoms with E-state index in [1.807, 2.05) is 25.1 Å². The molecular formula is C28H31F2N7O3. The van der Waals surface area contributed by atoms with Gasteiger partial charge in [-0.05, 0) is 49.7 Å². The number of nitrogens with zero attached hydrogens (tertiary/aromatic N) is 6. The van der Waals surface area contributed by atoms with E-state index in [9.17, 15) is 18.4 Å². The molecule has 40 heavy (non-hydrogen) atoms. The molecule has 4 aromatic rings. The summed E-state index contributed by atoms with van der Waals surface area (Å²) in [4.78, 5) is 36.7. The second kappa shape index (κ2) is 11.3. The lowest BCUT2D eigenvalue weighted by Crippen LogP contribution is -2.33. The van der Waals surface area contributed by atoms with Crippen molar-refractivity contribution in [3.8, 4) is 0 Å². The first-order valence-corrected chi connectivity index (χ1v) is 12.6. The van der Waals surface area contributed by atoms with Crippen molar-refractivity contribution in [1.29, 1.82) is 0 Å². The van der Waals surface area contributed by atoms with Gasteiger partial charge in [0.1, 0.15) is 24.8 Å². The molecule has 4 rings (SSSR count). The lowest BCUT2D eigenvalue weighted by Gasteiger charge is -2.22. The van der Waals surface area contributed by atoms with Gasteiger partial charge in [0.15, 0.2) is 5.82 Å². The zero-order valence-corrected chi connectivity index (χ0v) is 22.9. The number of alkyl halides is 2. The maximum atomic E-state index is 14.1. The Hall–Kier alpha value is -4.45. The van der Waals surface area contributed by atoms with Crippen LogP contribution in [0.1, 0.15) is 29.9 Å². The normalized spacial score (nSPS) is 12.3. The maximum absolute atomic E-state index is 14.1. The number of hydrogen-bond acceptors (Lipinski definition) is 8. The summed E-state index contributed by atoms with van der Waals surface area (Å²) in [6, 6.07) is 14.0. The van der Waals surface area contributed by atoms with Crippen molar-refractivity contribution >= 4 is 34.1 Å². The Bertz CT molecular complexity index is 1610. The second-order valence-electron chi connectivity index (χ2n) is 9.71. The van der Waals surface area contributed by atoms with E-state index in [1.54, 1.807) is 45.1 Å². The molecule has 0 saturated heterocycles. The Morgan fingerprint density at radius 1 is 1.10 bits per heavy atom. The quantitative estimate of drug-likeness (QED) is 0.324. The van der Waals surface area contributed by atoms with Crippen LogP contribution < -0.4 is 15.8 Å². The molecule has 0 unspecified atom stereocenters. The van der Waals surface area contributed by atoms with E-state index >= 15 is 0 Å². The molecule has 0 saturated carbocycles. The minimum absolute atomic E-state index is 0.185. The molecule has 2 aromatic carbocycles. The van der Waals surface area contributed by atoms with Crippen LogP contribution in [-0.2, 0) is 17.3 Å². The summed E-state index contributed by atoms with van der Waals surface area (Å²) in [5, 5.41) is 17.4. The summed E-state index contributed by atoms with van der Waals surface area (Å²) in [5.41, 5.74) is 1.33. The van der Waals surface area contributed by atoms with E-state index in [4.69, 9.17) is 5.11 Å². The maximum Gasteiger partial charge on any atom is 0.295 e. The Morgan fingerprint density at radius 3 is 2.55 bits per heavy atom. The molecule has 0 radical (unpaired) electrons. The molecular weight excluding hydrogens is 520 g/mol. The van der Waals surface area contributed by atoms with Gasteiger partial charge in [0, 0.05) is 49.9 Å². The number of carbonyl (C=O) groups excluding carboxylic acids is 1. The molecule has 2 heterocycles. The van der Waals surface area contributed by atoms with Gasteiger partial charge in [-0.1, -0.05) is 18.2 Å². The first kappa shape index (κ1) is 28.6.